The highest BCUT2D eigenvalue weighted by Crippen LogP contribution is 2.52. The van der Waals surface area contributed by atoms with Crippen LogP contribution in [0, 0.1) is 12.8 Å². The minimum atomic E-state index is -0.755. The Balaban J connectivity index is 1.54. The molecular formula is C23H19N3O5S2. The van der Waals surface area contributed by atoms with E-state index in [-0.39, 0.29) is 23.1 Å². The Kier molecular flexibility index (Phi) is 5.34. The van der Waals surface area contributed by atoms with Gasteiger partial charge < -0.3 is 10.4 Å². The highest BCUT2D eigenvalue weighted by molar-refractivity contribution is 8.00. The predicted octanol–water partition coefficient (Wildman–Crippen LogP) is 2.44. The molecule has 3 amide bonds. The second kappa shape index (κ2) is 8.20. The van der Waals surface area contributed by atoms with Crippen molar-refractivity contribution in [3.05, 3.63) is 74.2 Å². The summed E-state index contributed by atoms with van der Waals surface area (Å²) in [6, 6.07) is 13.9. The lowest BCUT2D eigenvalue weighted by molar-refractivity contribution is -0.126. The lowest BCUT2D eigenvalue weighted by Crippen LogP contribution is -2.32. The Hall–Kier alpha value is -3.37. The number of carbonyl (C=O) groups is 3. The molecule has 2 aliphatic heterocycles. The molecule has 0 saturated carbocycles. The number of nitrogens with one attached hydrogen (secondary N) is 2. The van der Waals surface area contributed by atoms with Crippen LogP contribution in [0.4, 0.5) is 5.69 Å². The summed E-state index contributed by atoms with van der Waals surface area (Å²) in [6.45, 7) is 1.71. The SMILES string of the molecule is Cc1ccc(NC(=O)Cn2c3c(sc2=O)C(c2ccccc2O)C2C(=O)NC(=O)C2S3)cc1. The van der Waals surface area contributed by atoms with E-state index >= 15 is 0 Å². The van der Waals surface area contributed by atoms with E-state index in [1.165, 1.54) is 10.6 Å². The fraction of sp³-hybridized carbons (Fsp3) is 0.217. The van der Waals surface area contributed by atoms with Gasteiger partial charge in [-0.1, -0.05) is 59.0 Å². The number of hydrogen-bond acceptors (Lipinski definition) is 7. The first-order valence-electron chi connectivity index (χ1n) is 10.2. The van der Waals surface area contributed by atoms with Crippen LogP contribution in [-0.2, 0) is 20.9 Å². The lowest BCUT2D eigenvalue weighted by atomic mass is 9.82. The van der Waals surface area contributed by atoms with Crippen LogP contribution in [0.1, 0.15) is 21.9 Å². The van der Waals surface area contributed by atoms with Gasteiger partial charge in [-0.15, -0.1) is 0 Å². The van der Waals surface area contributed by atoms with Crippen LogP contribution in [0.5, 0.6) is 5.75 Å². The maximum atomic E-state index is 12.9. The highest BCUT2D eigenvalue weighted by atomic mass is 32.2. The van der Waals surface area contributed by atoms with Gasteiger partial charge in [0.05, 0.1) is 10.9 Å². The van der Waals surface area contributed by atoms with Crippen molar-refractivity contribution in [3.63, 3.8) is 0 Å². The Morgan fingerprint density at radius 1 is 1.09 bits per heavy atom. The average molecular weight is 482 g/mol. The standard InChI is InChI=1S/C23H19N3O5S2/c1-11-6-8-12(9-7-11)24-15(28)10-26-22-19(33-23(26)31)16(13-4-2-3-5-14(13)27)17-18(32-22)21(30)25-20(17)29/h2-9,16-18,27H,10H2,1H3,(H,24,28)(H,25,29,30). The van der Waals surface area contributed by atoms with Crippen molar-refractivity contribution in [1.29, 1.82) is 0 Å². The Morgan fingerprint density at radius 2 is 1.82 bits per heavy atom. The summed E-state index contributed by atoms with van der Waals surface area (Å²) >= 11 is 2.06. The highest BCUT2D eigenvalue weighted by Gasteiger charge is 2.53. The van der Waals surface area contributed by atoms with Crippen molar-refractivity contribution < 1.29 is 19.5 Å². The Morgan fingerprint density at radius 3 is 2.55 bits per heavy atom. The summed E-state index contributed by atoms with van der Waals surface area (Å²) in [7, 11) is 0. The summed E-state index contributed by atoms with van der Waals surface area (Å²) in [6.07, 6.45) is 0. The number of amides is 3. The van der Waals surface area contributed by atoms with Crippen molar-refractivity contribution in [3.8, 4) is 5.75 Å². The molecule has 0 radical (unpaired) electrons. The molecule has 3 atom stereocenters. The van der Waals surface area contributed by atoms with E-state index in [4.69, 9.17) is 0 Å². The van der Waals surface area contributed by atoms with Crippen LogP contribution < -0.4 is 15.5 Å². The normalized spacial score (nSPS) is 21.3. The molecule has 0 bridgehead atoms. The maximum absolute atomic E-state index is 12.9. The number of thioether (sulfide) groups is 1. The number of aromatic hydroxyl groups is 1. The van der Waals surface area contributed by atoms with Crippen LogP contribution in [0.15, 0.2) is 58.4 Å². The van der Waals surface area contributed by atoms with Gasteiger partial charge in [-0.3, -0.25) is 29.1 Å². The molecule has 33 heavy (non-hydrogen) atoms. The van der Waals surface area contributed by atoms with E-state index < -0.39 is 28.9 Å². The molecule has 168 valence electrons. The van der Waals surface area contributed by atoms with E-state index in [9.17, 15) is 24.3 Å². The largest absolute Gasteiger partial charge is 0.508 e. The minimum absolute atomic E-state index is 0.0178. The smallest absolute Gasteiger partial charge is 0.308 e. The molecule has 3 heterocycles. The molecule has 1 fully saturated rings. The number of carbonyl (C=O) groups excluding carboxylic acids is 3. The Bertz CT molecular complexity index is 1340. The number of hydrogen-bond donors (Lipinski definition) is 3. The summed E-state index contributed by atoms with van der Waals surface area (Å²) in [4.78, 5) is 51.0. The fourth-order valence-corrected chi connectivity index (χ4v) is 6.97. The van der Waals surface area contributed by atoms with Gasteiger partial charge in [-0.2, -0.15) is 0 Å². The molecule has 0 aliphatic carbocycles. The van der Waals surface area contributed by atoms with Crippen molar-refractivity contribution >= 4 is 46.5 Å². The number of phenols is 1. The number of rotatable bonds is 4. The second-order valence-electron chi connectivity index (χ2n) is 7.99. The van der Waals surface area contributed by atoms with Crippen LogP contribution in [-0.4, -0.2) is 32.6 Å². The van der Waals surface area contributed by atoms with Crippen molar-refractivity contribution in [2.45, 2.75) is 29.7 Å². The summed E-state index contributed by atoms with van der Waals surface area (Å²) in [5.74, 6) is -2.68. The molecule has 2 aromatic carbocycles. The molecular weight excluding hydrogens is 462 g/mol. The number of aromatic nitrogens is 1. The third kappa shape index (κ3) is 3.75. The van der Waals surface area contributed by atoms with Gasteiger partial charge in [0.15, 0.2) is 0 Å². The zero-order valence-corrected chi connectivity index (χ0v) is 19.0. The Labute approximate surface area is 196 Å². The number of para-hydroxylation sites is 1. The molecule has 3 aromatic rings. The third-order valence-electron chi connectivity index (χ3n) is 5.80. The zero-order valence-electron chi connectivity index (χ0n) is 17.4. The van der Waals surface area contributed by atoms with E-state index in [1.807, 2.05) is 19.1 Å². The number of nitrogens with zero attached hydrogens (tertiary/aromatic N) is 1. The first kappa shape index (κ1) is 21.5. The number of fused-ring (bicyclic) bond motifs is 2. The molecule has 3 N–H and O–H groups in total. The van der Waals surface area contributed by atoms with Crippen LogP contribution in [0.25, 0.3) is 0 Å². The molecule has 1 aromatic heterocycles. The van der Waals surface area contributed by atoms with Gasteiger partial charge in [0.2, 0.25) is 17.7 Å². The molecule has 8 nitrogen and oxygen atoms in total. The molecule has 2 aliphatic rings. The first-order valence-corrected chi connectivity index (χ1v) is 11.9. The number of benzene rings is 2. The zero-order chi connectivity index (χ0) is 23.3. The van der Waals surface area contributed by atoms with Gasteiger partial charge in [0.25, 0.3) is 0 Å². The number of aryl methyl sites for hydroxylation is 1. The lowest BCUT2D eigenvalue weighted by Gasteiger charge is -2.31. The van der Waals surface area contributed by atoms with Gasteiger partial charge in [-0.05, 0) is 25.1 Å². The molecule has 0 spiro atoms. The van der Waals surface area contributed by atoms with Crippen LogP contribution >= 0.6 is 23.1 Å². The number of imide groups is 1. The van der Waals surface area contributed by atoms with Gasteiger partial charge in [0, 0.05) is 22.0 Å². The molecule has 1 saturated heterocycles. The van der Waals surface area contributed by atoms with Gasteiger partial charge in [-0.25, -0.2) is 0 Å². The van der Waals surface area contributed by atoms with E-state index in [2.05, 4.69) is 10.6 Å². The maximum Gasteiger partial charge on any atom is 0.308 e. The first-order chi connectivity index (χ1) is 15.8. The molecule has 3 unspecified atom stereocenters. The summed E-state index contributed by atoms with van der Waals surface area (Å²) in [5.41, 5.74) is 2.14. The van der Waals surface area contributed by atoms with Crippen LogP contribution in [0.3, 0.4) is 0 Å². The number of thiazole rings is 1. The predicted molar refractivity (Wildman–Crippen MR) is 125 cm³/mol. The summed E-state index contributed by atoms with van der Waals surface area (Å²) in [5, 5.41) is 15.4. The molecule has 10 heteroatoms. The van der Waals surface area contributed by atoms with Crippen molar-refractivity contribution in [2.75, 3.05) is 5.32 Å². The second-order valence-corrected chi connectivity index (χ2v) is 10.1. The quantitative estimate of drug-likeness (QED) is 0.493. The number of anilines is 1. The average Bonchev–Trinajstić information content (AvgIpc) is 3.24. The fourth-order valence-electron chi connectivity index (χ4n) is 4.24. The van der Waals surface area contributed by atoms with E-state index in [1.54, 1.807) is 30.3 Å². The minimum Gasteiger partial charge on any atom is -0.508 e. The molecule has 5 rings (SSSR count). The third-order valence-corrected chi connectivity index (χ3v) is 8.41. The van der Waals surface area contributed by atoms with Gasteiger partial charge in [0.1, 0.15) is 17.5 Å². The van der Waals surface area contributed by atoms with E-state index in [0.717, 1.165) is 28.7 Å². The van der Waals surface area contributed by atoms with Crippen LogP contribution in [0.2, 0.25) is 0 Å². The van der Waals surface area contributed by atoms with Gasteiger partial charge >= 0.3 is 4.87 Å². The van der Waals surface area contributed by atoms with Crippen molar-refractivity contribution in [2.24, 2.45) is 5.92 Å². The number of phenolic OH excluding ortho intramolecular Hbond substituents is 1. The topological polar surface area (TPSA) is 118 Å². The summed E-state index contributed by atoms with van der Waals surface area (Å²) < 4.78 is 1.34. The van der Waals surface area contributed by atoms with Crippen molar-refractivity contribution in [1.82, 2.24) is 9.88 Å². The van der Waals surface area contributed by atoms with E-state index in [0.29, 0.717) is 21.2 Å². The monoisotopic (exact) mass is 481 g/mol.